The average Bonchev–Trinajstić information content (AvgIpc) is 3.32. The molecule has 2 fully saturated rings. The van der Waals surface area contributed by atoms with E-state index in [1.165, 1.54) is 33.2 Å². The predicted molar refractivity (Wildman–Crippen MR) is 136 cm³/mol. The molecule has 2 saturated heterocycles. The lowest BCUT2D eigenvalue weighted by Crippen LogP contribution is -2.74. The molecule has 1 aromatic heterocycles. The van der Waals surface area contributed by atoms with Gasteiger partial charge in [0.2, 0.25) is 5.91 Å². The second-order valence-corrected chi connectivity index (χ2v) is 11.3. The Balaban J connectivity index is 1.26. The number of nitrogens with two attached hydrogens (primary N) is 1. The molecule has 2 aromatic rings. The van der Waals surface area contributed by atoms with Crippen molar-refractivity contribution in [3.63, 3.8) is 0 Å². The molecule has 202 valence electrons. The number of alkyl halides is 2. The summed E-state index contributed by atoms with van der Waals surface area (Å²) in [6.45, 7) is -1.63. The highest BCUT2D eigenvalue weighted by molar-refractivity contribution is 8.00. The second-order valence-electron chi connectivity index (χ2n) is 9.31. The van der Waals surface area contributed by atoms with E-state index in [9.17, 15) is 28.3 Å². The molecular formula is C23H24F2N6O5S2. The molecule has 3 aliphatic rings. The largest absolute Gasteiger partial charge is 0.481 e. The highest BCUT2D eigenvalue weighted by Gasteiger charge is 2.58. The number of benzene rings is 1. The number of thiazole rings is 1. The molecule has 0 bridgehead atoms. The topological polar surface area (TPSA) is 150 Å². The van der Waals surface area contributed by atoms with E-state index >= 15 is 0 Å². The number of nitrogens with one attached hydrogen (secondary N) is 1. The molecule has 2 amide bonds. The van der Waals surface area contributed by atoms with Crippen molar-refractivity contribution in [1.82, 2.24) is 20.1 Å². The van der Waals surface area contributed by atoms with E-state index in [1.54, 1.807) is 0 Å². The first-order chi connectivity index (χ1) is 18.2. The molecule has 38 heavy (non-hydrogen) atoms. The zero-order chi connectivity index (χ0) is 27.0. The average molecular weight is 567 g/mol. The van der Waals surface area contributed by atoms with Gasteiger partial charge in [0.15, 0.2) is 10.8 Å². The van der Waals surface area contributed by atoms with Crippen LogP contribution in [0.2, 0.25) is 0 Å². The molecule has 1 aromatic carbocycles. The van der Waals surface area contributed by atoms with Crippen LogP contribution in [0.25, 0.3) is 0 Å². The van der Waals surface area contributed by atoms with E-state index in [1.807, 2.05) is 18.2 Å². The lowest BCUT2D eigenvalue weighted by Gasteiger charge is -2.54. The first kappa shape index (κ1) is 26.3. The molecule has 3 atom stereocenters. The standard InChI is InChI=1S/C23H24F2N6O5S2/c24-21(25)36-29-15(14-8-37-22(26)27-14)17(32)28-16-18(33)31-10-23(20(34)35,11-38-19(16)31)9-30-6-5-12-3-1-2-4-13(12)7-30/h1-4,8,16,19,21H,5-7,9-11H2,(H2,26,27)(H,28,32)(H,34,35)/t16?,19-,23?/m1/s1. The number of fused-ring (bicyclic) bond motifs is 2. The zero-order valence-corrected chi connectivity index (χ0v) is 21.5. The van der Waals surface area contributed by atoms with E-state index < -0.39 is 46.9 Å². The fourth-order valence-electron chi connectivity index (χ4n) is 4.94. The highest BCUT2D eigenvalue weighted by Crippen LogP contribution is 2.43. The Hall–Kier alpha value is -3.30. The maximum atomic E-state index is 13.0. The molecule has 4 heterocycles. The number of amides is 2. The summed E-state index contributed by atoms with van der Waals surface area (Å²) in [6.07, 6.45) is 0.822. The van der Waals surface area contributed by atoms with Gasteiger partial charge < -0.3 is 25.9 Å². The summed E-state index contributed by atoms with van der Waals surface area (Å²) in [5.41, 5.74) is 6.21. The van der Waals surface area contributed by atoms with Crippen LogP contribution in [0.3, 0.4) is 0 Å². The number of aliphatic carboxylic acids is 1. The summed E-state index contributed by atoms with van der Waals surface area (Å²) in [5.74, 6) is -2.14. The van der Waals surface area contributed by atoms with Gasteiger partial charge in [-0.2, -0.15) is 8.78 Å². The minimum atomic E-state index is -3.26. The fourth-order valence-corrected chi connectivity index (χ4v) is 7.02. The van der Waals surface area contributed by atoms with Crippen LogP contribution in [0.5, 0.6) is 0 Å². The number of nitrogens with zero attached hydrogens (tertiary/aromatic N) is 4. The molecule has 15 heteroatoms. The number of thioether (sulfide) groups is 1. The summed E-state index contributed by atoms with van der Waals surface area (Å²) >= 11 is 2.24. The number of anilines is 1. The van der Waals surface area contributed by atoms with E-state index in [0.717, 1.165) is 24.3 Å². The zero-order valence-electron chi connectivity index (χ0n) is 19.9. The van der Waals surface area contributed by atoms with E-state index in [4.69, 9.17) is 5.73 Å². The molecule has 5 rings (SSSR count). The minimum Gasteiger partial charge on any atom is -0.481 e. The number of carboxylic acids is 1. The summed E-state index contributed by atoms with van der Waals surface area (Å²) in [5, 5.41) is 16.8. The fraction of sp³-hybridized carbons (Fsp3) is 0.435. The Morgan fingerprint density at radius 3 is 2.79 bits per heavy atom. The molecule has 0 spiro atoms. The number of rotatable bonds is 8. The number of carbonyl (C=O) groups excluding carboxylic acids is 2. The van der Waals surface area contributed by atoms with Gasteiger partial charge in [-0.25, -0.2) is 4.98 Å². The second kappa shape index (κ2) is 10.5. The predicted octanol–water partition coefficient (Wildman–Crippen LogP) is 1.20. The van der Waals surface area contributed by atoms with E-state index in [2.05, 4.69) is 31.3 Å². The summed E-state index contributed by atoms with van der Waals surface area (Å²) in [6, 6.07) is 7.09. The third-order valence-electron chi connectivity index (χ3n) is 6.82. The quantitative estimate of drug-likeness (QED) is 0.243. The monoisotopic (exact) mass is 566 g/mol. The number of halogens is 2. The number of β-lactam (4-membered cyclic amide) rings is 1. The molecule has 4 N–H and O–H groups in total. The molecule has 2 unspecified atom stereocenters. The van der Waals surface area contributed by atoms with Crippen molar-refractivity contribution in [1.29, 1.82) is 0 Å². The highest BCUT2D eigenvalue weighted by atomic mass is 32.2. The van der Waals surface area contributed by atoms with Crippen molar-refractivity contribution in [2.45, 2.75) is 31.0 Å². The Morgan fingerprint density at radius 2 is 2.11 bits per heavy atom. The lowest BCUT2D eigenvalue weighted by atomic mass is 9.85. The Labute approximate surface area is 224 Å². The van der Waals surface area contributed by atoms with Gasteiger partial charge in [-0.15, -0.1) is 23.1 Å². The van der Waals surface area contributed by atoms with Crippen molar-refractivity contribution >= 4 is 51.7 Å². The Morgan fingerprint density at radius 1 is 1.34 bits per heavy atom. The molecule has 11 nitrogen and oxygen atoms in total. The van der Waals surface area contributed by atoms with Crippen LogP contribution in [-0.4, -0.2) is 86.8 Å². The van der Waals surface area contributed by atoms with Crippen LogP contribution in [0, 0.1) is 5.41 Å². The van der Waals surface area contributed by atoms with Crippen LogP contribution in [0.4, 0.5) is 13.9 Å². The number of carbonyl (C=O) groups is 3. The van der Waals surface area contributed by atoms with Crippen molar-refractivity contribution in [3.05, 3.63) is 46.5 Å². The van der Waals surface area contributed by atoms with E-state index in [-0.39, 0.29) is 29.7 Å². The third-order valence-corrected chi connectivity index (χ3v) is 9.09. The number of nitrogen functional groups attached to an aromatic ring is 1. The maximum Gasteiger partial charge on any atom is 0.407 e. The van der Waals surface area contributed by atoms with Crippen LogP contribution >= 0.6 is 23.1 Å². The molecular weight excluding hydrogens is 542 g/mol. The number of carboxylic acid groups (broad SMARTS) is 1. The van der Waals surface area contributed by atoms with Gasteiger partial charge >= 0.3 is 12.6 Å². The SMILES string of the molecule is Nc1nc(C(=NOC(F)F)C(=O)NC2C(=O)N3CC(CN4CCc5ccccc5C4)(C(=O)O)CS[C@H]23)cs1. The number of hydrogen-bond donors (Lipinski definition) is 3. The smallest absolute Gasteiger partial charge is 0.407 e. The third kappa shape index (κ3) is 5.05. The maximum absolute atomic E-state index is 13.0. The van der Waals surface area contributed by atoms with Gasteiger partial charge in [0, 0.05) is 37.3 Å². The van der Waals surface area contributed by atoms with Crippen LogP contribution in [-0.2, 0) is 32.2 Å². The van der Waals surface area contributed by atoms with Crippen molar-refractivity contribution in [2.24, 2.45) is 10.6 Å². The van der Waals surface area contributed by atoms with E-state index in [0.29, 0.717) is 6.54 Å². The molecule has 3 aliphatic heterocycles. The van der Waals surface area contributed by atoms with Crippen LogP contribution in [0.1, 0.15) is 16.8 Å². The van der Waals surface area contributed by atoms with Crippen molar-refractivity contribution in [2.75, 3.05) is 31.1 Å². The molecule has 0 saturated carbocycles. The minimum absolute atomic E-state index is 0.00140. The number of hydrogen-bond acceptors (Lipinski definition) is 10. The molecule has 0 aliphatic carbocycles. The Kier molecular flexibility index (Phi) is 7.24. The summed E-state index contributed by atoms with van der Waals surface area (Å²) < 4.78 is 25.1. The van der Waals surface area contributed by atoms with Gasteiger partial charge in [0.1, 0.15) is 22.5 Å². The first-order valence-corrected chi connectivity index (χ1v) is 13.6. The first-order valence-electron chi connectivity index (χ1n) is 11.7. The van der Waals surface area contributed by atoms with Crippen LogP contribution < -0.4 is 11.1 Å². The summed E-state index contributed by atoms with van der Waals surface area (Å²) in [7, 11) is 0. The van der Waals surface area contributed by atoms with Gasteiger partial charge in [-0.1, -0.05) is 29.4 Å². The number of oxime groups is 1. The number of aromatic nitrogens is 1. The lowest BCUT2D eigenvalue weighted by molar-refractivity contribution is -0.160. The van der Waals surface area contributed by atoms with Gasteiger partial charge in [0.05, 0.1) is 0 Å². The van der Waals surface area contributed by atoms with Crippen molar-refractivity contribution < 1.29 is 33.1 Å². The normalized spacial score (nSPS) is 25.4. The van der Waals surface area contributed by atoms with Gasteiger partial charge in [0.25, 0.3) is 5.91 Å². The summed E-state index contributed by atoms with van der Waals surface area (Å²) in [4.78, 5) is 49.7. The molecule has 0 radical (unpaired) electrons. The van der Waals surface area contributed by atoms with Crippen molar-refractivity contribution in [3.8, 4) is 0 Å². The Bertz CT molecular complexity index is 1290. The van der Waals surface area contributed by atoms with Gasteiger partial charge in [-0.3, -0.25) is 19.3 Å². The van der Waals surface area contributed by atoms with Gasteiger partial charge in [-0.05, 0) is 17.5 Å². The van der Waals surface area contributed by atoms with Crippen LogP contribution in [0.15, 0.2) is 34.8 Å².